The second-order valence-corrected chi connectivity index (χ2v) is 8.87. The number of nitrogens with one attached hydrogen (secondary N) is 1. The third-order valence-electron chi connectivity index (χ3n) is 5.58. The number of likely N-dealkylation sites (tertiary alicyclic amines) is 1. The Morgan fingerprint density at radius 2 is 1.97 bits per heavy atom. The second kappa shape index (κ2) is 10.5. The van der Waals surface area contributed by atoms with Crippen LogP contribution in [0.25, 0.3) is 0 Å². The Morgan fingerprint density at radius 3 is 2.61 bits per heavy atom. The Balaban J connectivity index is 1.53. The molecule has 2 aromatic rings. The number of hydrogen-bond donors (Lipinski definition) is 1. The Bertz CT molecular complexity index is 921. The lowest BCUT2D eigenvalue weighted by Crippen LogP contribution is -2.44. The number of aromatic nitrogens is 1. The monoisotopic (exact) mass is 443 g/mol. The van der Waals surface area contributed by atoms with Gasteiger partial charge in [0, 0.05) is 31.1 Å². The van der Waals surface area contributed by atoms with Crippen molar-refractivity contribution in [2.75, 3.05) is 39.0 Å². The van der Waals surface area contributed by atoms with Crippen molar-refractivity contribution in [3.05, 3.63) is 46.5 Å². The summed E-state index contributed by atoms with van der Waals surface area (Å²) >= 11 is 1.21. The molecule has 0 spiro atoms. The number of hydrogen-bond acceptors (Lipinski definition) is 6. The lowest BCUT2D eigenvalue weighted by atomic mass is 10.0. The molecule has 0 atom stereocenters. The molecule has 9 heteroatoms. The highest BCUT2D eigenvalue weighted by Crippen LogP contribution is 2.20. The highest BCUT2D eigenvalue weighted by molar-refractivity contribution is 7.14. The summed E-state index contributed by atoms with van der Waals surface area (Å²) in [6, 6.07) is 8.24. The van der Waals surface area contributed by atoms with Crippen molar-refractivity contribution in [3.63, 3.8) is 0 Å². The average Bonchev–Trinajstić information content (AvgIpc) is 3.22. The van der Waals surface area contributed by atoms with Gasteiger partial charge in [-0.15, -0.1) is 11.3 Å². The van der Waals surface area contributed by atoms with Crippen molar-refractivity contribution in [1.82, 2.24) is 19.7 Å². The van der Waals surface area contributed by atoms with Crippen molar-refractivity contribution in [1.29, 1.82) is 0 Å². The SMILES string of the molecule is Cc1ccccc1CN(C=O)CC(=O)Nc1nc(C(=O)N2CCC(N(C)C)CC2)cs1. The van der Waals surface area contributed by atoms with Gasteiger partial charge >= 0.3 is 0 Å². The maximum Gasteiger partial charge on any atom is 0.273 e. The lowest BCUT2D eigenvalue weighted by Gasteiger charge is -2.34. The molecule has 1 aromatic carbocycles. The number of thiazole rings is 1. The molecule has 0 radical (unpaired) electrons. The van der Waals surface area contributed by atoms with Crippen LogP contribution in [0.3, 0.4) is 0 Å². The molecule has 1 aliphatic rings. The van der Waals surface area contributed by atoms with Gasteiger partial charge in [0.2, 0.25) is 12.3 Å². The van der Waals surface area contributed by atoms with Crippen LogP contribution in [0.15, 0.2) is 29.6 Å². The van der Waals surface area contributed by atoms with Crippen molar-refractivity contribution in [3.8, 4) is 0 Å². The van der Waals surface area contributed by atoms with Gasteiger partial charge in [0.15, 0.2) is 5.13 Å². The summed E-state index contributed by atoms with van der Waals surface area (Å²) in [5.74, 6) is -0.455. The molecule has 1 N–H and O–H groups in total. The molecule has 1 aromatic heterocycles. The third-order valence-corrected chi connectivity index (χ3v) is 6.34. The number of amides is 3. The molecule has 2 heterocycles. The first-order valence-electron chi connectivity index (χ1n) is 10.3. The fraction of sp³-hybridized carbons (Fsp3) is 0.455. The smallest absolute Gasteiger partial charge is 0.273 e. The maximum absolute atomic E-state index is 12.7. The number of carbonyl (C=O) groups excluding carboxylic acids is 3. The van der Waals surface area contributed by atoms with Gasteiger partial charge in [-0.1, -0.05) is 24.3 Å². The van der Waals surface area contributed by atoms with E-state index in [0.29, 0.717) is 42.9 Å². The molecule has 0 bridgehead atoms. The summed E-state index contributed by atoms with van der Waals surface area (Å²) in [4.78, 5) is 46.2. The molecule has 0 aliphatic carbocycles. The van der Waals surface area contributed by atoms with Crippen LogP contribution < -0.4 is 5.32 Å². The zero-order valence-electron chi connectivity index (χ0n) is 18.2. The molecule has 3 rings (SSSR count). The van der Waals surface area contributed by atoms with E-state index in [9.17, 15) is 14.4 Å². The van der Waals surface area contributed by atoms with E-state index in [2.05, 4.69) is 29.3 Å². The molecule has 0 saturated carbocycles. The van der Waals surface area contributed by atoms with Crippen LogP contribution in [0.5, 0.6) is 0 Å². The first kappa shape index (κ1) is 22.9. The minimum Gasteiger partial charge on any atom is -0.337 e. The summed E-state index contributed by atoms with van der Waals surface area (Å²) in [5, 5.41) is 4.72. The fourth-order valence-corrected chi connectivity index (χ4v) is 4.36. The number of benzene rings is 1. The molecule has 1 fully saturated rings. The zero-order valence-corrected chi connectivity index (χ0v) is 19.0. The van der Waals surface area contributed by atoms with Crippen LogP contribution in [-0.2, 0) is 16.1 Å². The van der Waals surface area contributed by atoms with Crippen molar-refractivity contribution in [2.24, 2.45) is 0 Å². The van der Waals surface area contributed by atoms with E-state index in [1.807, 2.05) is 36.1 Å². The van der Waals surface area contributed by atoms with E-state index in [-0.39, 0.29) is 18.4 Å². The molecule has 8 nitrogen and oxygen atoms in total. The van der Waals surface area contributed by atoms with Gasteiger partial charge in [-0.25, -0.2) is 4.98 Å². The molecular weight excluding hydrogens is 414 g/mol. The number of nitrogens with zero attached hydrogens (tertiary/aromatic N) is 4. The van der Waals surface area contributed by atoms with Gasteiger partial charge in [-0.05, 0) is 45.0 Å². The summed E-state index contributed by atoms with van der Waals surface area (Å²) in [5.41, 5.74) is 2.39. The topological polar surface area (TPSA) is 85.8 Å². The predicted molar refractivity (Wildman–Crippen MR) is 121 cm³/mol. The van der Waals surface area contributed by atoms with Crippen LogP contribution in [0.2, 0.25) is 0 Å². The van der Waals surface area contributed by atoms with Gasteiger partial charge in [-0.2, -0.15) is 0 Å². The number of anilines is 1. The van der Waals surface area contributed by atoms with Crippen LogP contribution in [0.1, 0.15) is 34.5 Å². The summed E-state index contributed by atoms with van der Waals surface area (Å²) in [7, 11) is 4.12. The molecule has 1 aliphatic heterocycles. The summed E-state index contributed by atoms with van der Waals surface area (Å²) in [6.45, 7) is 3.64. The number of aryl methyl sites for hydroxylation is 1. The van der Waals surface area contributed by atoms with Crippen molar-refractivity contribution < 1.29 is 14.4 Å². The van der Waals surface area contributed by atoms with E-state index in [0.717, 1.165) is 24.0 Å². The highest BCUT2D eigenvalue weighted by Gasteiger charge is 2.26. The predicted octanol–water partition coefficient (Wildman–Crippen LogP) is 2.21. The Kier molecular flexibility index (Phi) is 7.75. The van der Waals surface area contributed by atoms with Gasteiger partial charge < -0.3 is 20.0 Å². The van der Waals surface area contributed by atoms with Crippen molar-refractivity contribution in [2.45, 2.75) is 32.4 Å². The molecule has 3 amide bonds. The number of carbonyl (C=O) groups is 3. The quantitative estimate of drug-likeness (QED) is 0.633. The van der Waals surface area contributed by atoms with Gasteiger partial charge in [0.25, 0.3) is 5.91 Å². The lowest BCUT2D eigenvalue weighted by molar-refractivity contribution is -0.125. The first-order chi connectivity index (χ1) is 14.9. The minimum atomic E-state index is -0.346. The Morgan fingerprint density at radius 1 is 1.26 bits per heavy atom. The van der Waals surface area contributed by atoms with E-state index in [1.165, 1.54) is 16.2 Å². The maximum atomic E-state index is 12.7. The van der Waals surface area contributed by atoms with Gasteiger partial charge in [-0.3, -0.25) is 14.4 Å². The summed E-state index contributed by atoms with van der Waals surface area (Å²) in [6.07, 6.45) is 2.55. The zero-order chi connectivity index (χ0) is 22.4. The van der Waals surface area contributed by atoms with E-state index >= 15 is 0 Å². The summed E-state index contributed by atoms with van der Waals surface area (Å²) < 4.78 is 0. The average molecular weight is 444 g/mol. The van der Waals surface area contributed by atoms with Crippen LogP contribution >= 0.6 is 11.3 Å². The van der Waals surface area contributed by atoms with E-state index in [1.54, 1.807) is 5.38 Å². The second-order valence-electron chi connectivity index (χ2n) is 8.01. The molecule has 31 heavy (non-hydrogen) atoms. The van der Waals surface area contributed by atoms with Gasteiger partial charge in [0.1, 0.15) is 12.2 Å². The molecule has 1 saturated heterocycles. The van der Waals surface area contributed by atoms with Crippen molar-refractivity contribution >= 4 is 34.7 Å². The Hall–Kier alpha value is -2.78. The van der Waals surface area contributed by atoms with Crippen LogP contribution in [0.4, 0.5) is 5.13 Å². The van der Waals surface area contributed by atoms with Crippen LogP contribution in [-0.4, -0.2) is 77.7 Å². The third kappa shape index (κ3) is 6.11. The standard InChI is InChI=1S/C22H29N5O3S/c1-16-6-4-5-7-17(16)12-26(15-28)13-20(29)24-22-23-19(14-31-22)21(30)27-10-8-18(9-11-27)25(2)3/h4-7,14-15,18H,8-13H2,1-3H3,(H,23,24,29). The van der Waals surface area contributed by atoms with E-state index in [4.69, 9.17) is 0 Å². The van der Waals surface area contributed by atoms with Crippen LogP contribution in [0, 0.1) is 6.92 Å². The normalized spacial score (nSPS) is 14.5. The number of piperidine rings is 1. The molecular formula is C22H29N5O3S. The largest absolute Gasteiger partial charge is 0.337 e. The number of rotatable bonds is 8. The molecule has 166 valence electrons. The highest BCUT2D eigenvalue weighted by atomic mass is 32.1. The minimum absolute atomic E-state index is 0.0846. The van der Waals surface area contributed by atoms with E-state index < -0.39 is 0 Å². The first-order valence-corrected chi connectivity index (χ1v) is 11.2. The van der Waals surface area contributed by atoms with Gasteiger partial charge in [0.05, 0.1) is 0 Å². The Labute approximate surface area is 186 Å². The molecule has 0 unspecified atom stereocenters. The fourth-order valence-electron chi connectivity index (χ4n) is 3.66.